The van der Waals surface area contributed by atoms with Crippen molar-refractivity contribution >= 4 is 18.0 Å². The lowest BCUT2D eigenvalue weighted by atomic mass is 9.98. The molecule has 3 N–H and O–H groups in total. The second-order valence-electron chi connectivity index (χ2n) is 10.1. The zero-order valence-electron chi connectivity index (χ0n) is 19.7. The number of hydrogen-bond acceptors (Lipinski definition) is 4. The molecule has 3 aliphatic carbocycles. The zero-order valence-corrected chi connectivity index (χ0v) is 19.7. The molecule has 0 bridgehead atoms. The van der Waals surface area contributed by atoms with Crippen molar-refractivity contribution in [3.63, 3.8) is 0 Å². The summed E-state index contributed by atoms with van der Waals surface area (Å²) in [6, 6.07) is 15.4. The van der Waals surface area contributed by atoms with Crippen LogP contribution in [0.2, 0.25) is 0 Å². The monoisotopic (exact) mass is 476 g/mol. The molecular formula is C28H32N2O5. The SMILES string of the molecule is O=C(CC1CCCC1NC(=O)OCC1c2ccccc2-c2ccccc21)N[C@@H](CC1CC1)C(=O)O. The molecule has 3 atom stereocenters. The van der Waals surface area contributed by atoms with Gasteiger partial charge in [0.2, 0.25) is 5.91 Å². The first-order valence-corrected chi connectivity index (χ1v) is 12.6. The molecule has 3 aliphatic rings. The molecule has 2 unspecified atom stereocenters. The standard InChI is InChI=1S/C28H32N2O5/c31-26(29-25(27(32)33)14-17-12-13-17)15-18-6-5-11-24(18)30-28(34)35-16-23-21-9-3-1-7-19(21)20-8-2-4-10-22(20)23/h1-4,7-10,17-18,23-25H,5-6,11-16H2,(H,29,31)(H,30,34)(H,32,33)/t18?,24?,25-/m0/s1. The third-order valence-electron chi connectivity index (χ3n) is 7.65. The number of carboxylic acids is 1. The Labute approximate surface area is 205 Å². The molecule has 7 heteroatoms. The molecule has 7 nitrogen and oxygen atoms in total. The number of fused-ring (bicyclic) bond motifs is 3. The maximum atomic E-state index is 12.7. The summed E-state index contributed by atoms with van der Waals surface area (Å²) in [5, 5.41) is 15.1. The Balaban J connectivity index is 1.14. The third kappa shape index (κ3) is 5.34. The lowest BCUT2D eigenvalue weighted by Crippen LogP contribution is -2.44. The van der Waals surface area contributed by atoms with Crippen LogP contribution in [0.4, 0.5) is 4.79 Å². The molecule has 0 aliphatic heterocycles. The number of amides is 2. The van der Waals surface area contributed by atoms with E-state index in [0.717, 1.165) is 43.2 Å². The van der Waals surface area contributed by atoms with E-state index >= 15 is 0 Å². The first-order chi connectivity index (χ1) is 17.0. The van der Waals surface area contributed by atoms with Crippen molar-refractivity contribution in [2.24, 2.45) is 11.8 Å². The van der Waals surface area contributed by atoms with Crippen LogP contribution in [0.15, 0.2) is 48.5 Å². The molecule has 0 radical (unpaired) electrons. The topological polar surface area (TPSA) is 105 Å². The van der Waals surface area contributed by atoms with Crippen molar-refractivity contribution in [2.45, 2.75) is 62.9 Å². The van der Waals surface area contributed by atoms with Gasteiger partial charge < -0.3 is 20.5 Å². The van der Waals surface area contributed by atoms with Crippen molar-refractivity contribution in [2.75, 3.05) is 6.61 Å². The van der Waals surface area contributed by atoms with Crippen LogP contribution in [0.5, 0.6) is 0 Å². The Kier molecular flexibility index (Phi) is 6.75. The van der Waals surface area contributed by atoms with Crippen molar-refractivity contribution in [3.8, 4) is 11.1 Å². The molecule has 0 spiro atoms. The lowest BCUT2D eigenvalue weighted by Gasteiger charge is -2.22. The summed E-state index contributed by atoms with van der Waals surface area (Å²) in [6.45, 7) is 0.249. The van der Waals surface area contributed by atoms with Gasteiger partial charge in [-0.15, -0.1) is 0 Å². The number of ether oxygens (including phenoxy) is 1. The van der Waals surface area contributed by atoms with Crippen LogP contribution in [0.3, 0.4) is 0 Å². The summed E-state index contributed by atoms with van der Waals surface area (Å²) in [7, 11) is 0. The molecule has 2 aromatic rings. The van der Waals surface area contributed by atoms with Gasteiger partial charge in [0.1, 0.15) is 12.6 Å². The largest absolute Gasteiger partial charge is 0.480 e. The van der Waals surface area contributed by atoms with Gasteiger partial charge in [-0.05, 0) is 53.4 Å². The van der Waals surface area contributed by atoms with E-state index in [4.69, 9.17) is 4.74 Å². The second-order valence-corrected chi connectivity index (χ2v) is 10.1. The highest BCUT2D eigenvalue weighted by Crippen LogP contribution is 2.44. The van der Waals surface area contributed by atoms with Gasteiger partial charge in [-0.3, -0.25) is 4.79 Å². The third-order valence-corrected chi connectivity index (χ3v) is 7.65. The number of carbonyl (C=O) groups is 3. The van der Waals surface area contributed by atoms with Gasteiger partial charge in [0, 0.05) is 18.4 Å². The maximum absolute atomic E-state index is 12.7. The molecule has 5 rings (SSSR count). The highest BCUT2D eigenvalue weighted by atomic mass is 16.5. The van der Waals surface area contributed by atoms with E-state index in [-0.39, 0.29) is 36.8 Å². The minimum Gasteiger partial charge on any atom is -0.480 e. The predicted molar refractivity (Wildman–Crippen MR) is 131 cm³/mol. The Morgan fingerprint density at radius 2 is 1.60 bits per heavy atom. The second kappa shape index (κ2) is 10.1. The van der Waals surface area contributed by atoms with Crippen LogP contribution in [-0.2, 0) is 14.3 Å². The Bertz CT molecular complexity index is 1070. The van der Waals surface area contributed by atoms with Gasteiger partial charge in [-0.1, -0.05) is 67.8 Å². The van der Waals surface area contributed by atoms with Gasteiger partial charge in [-0.25, -0.2) is 9.59 Å². The smallest absolute Gasteiger partial charge is 0.407 e. The van der Waals surface area contributed by atoms with Crippen molar-refractivity contribution < 1.29 is 24.2 Å². The number of hydrogen-bond donors (Lipinski definition) is 3. The molecule has 2 saturated carbocycles. The van der Waals surface area contributed by atoms with E-state index in [9.17, 15) is 19.5 Å². The van der Waals surface area contributed by atoms with E-state index in [2.05, 4.69) is 34.9 Å². The summed E-state index contributed by atoms with van der Waals surface area (Å²) >= 11 is 0. The normalized spacial score (nSPS) is 21.6. The number of nitrogens with one attached hydrogen (secondary N) is 2. The summed E-state index contributed by atoms with van der Waals surface area (Å²) < 4.78 is 5.67. The van der Waals surface area contributed by atoms with Crippen LogP contribution in [0, 0.1) is 11.8 Å². The zero-order chi connectivity index (χ0) is 24.4. The fraction of sp³-hybridized carbons (Fsp3) is 0.464. The first kappa shape index (κ1) is 23.4. The van der Waals surface area contributed by atoms with E-state index in [1.54, 1.807) is 0 Å². The lowest BCUT2D eigenvalue weighted by molar-refractivity contribution is -0.142. The number of carboxylic acid groups (broad SMARTS) is 1. The molecule has 2 fully saturated rings. The summed E-state index contributed by atoms with van der Waals surface area (Å²) in [6.07, 6.45) is 4.82. The molecule has 35 heavy (non-hydrogen) atoms. The van der Waals surface area contributed by atoms with Crippen LogP contribution in [0.1, 0.15) is 62.0 Å². The van der Waals surface area contributed by atoms with Crippen molar-refractivity contribution in [3.05, 3.63) is 59.7 Å². The summed E-state index contributed by atoms with van der Waals surface area (Å²) in [4.78, 5) is 36.7. The highest BCUT2D eigenvalue weighted by Gasteiger charge is 2.34. The van der Waals surface area contributed by atoms with Gasteiger partial charge in [0.25, 0.3) is 0 Å². The van der Waals surface area contributed by atoms with Gasteiger partial charge >= 0.3 is 12.1 Å². The first-order valence-electron chi connectivity index (χ1n) is 12.6. The molecule has 0 saturated heterocycles. The Morgan fingerprint density at radius 1 is 0.943 bits per heavy atom. The molecule has 184 valence electrons. The number of alkyl carbamates (subject to hydrolysis) is 1. The summed E-state index contributed by atoms with van der Waals surface area (Å²) in [5.41, 5.74) is 4.69. The average molecular weight is 477 g/mol. The average Bonchev–Trinajstić information content (AvgIpc) is 3.48. The van der Waals surface area contributed by atoms with E-state index < -0.39 is 18.1 Å². The Hall–Kier alpha value is -3.35. The minimum atomic E-state index is -0.981. The molecule has 2 aromatic carbocycles. The number of carbonyl (C=O) groups excluding carboxylic acids is 2. The fourth-order valence-electron chi connectivity index (χ4n) is 5.66. The molecule has 0 heterocycles. The van der Waals surface area contributed by atoms with Crippen LogP contribution in [-0.4, -0.2) is 41.8 Å². The highest BCUT2D eigenvalue weighted by molar-refractivity contribution is 5.84. The van der Waals surface area contributed by atoms with Crippen molar-refractivity contribution in [1.29, 1.82) is 0 Å². The number of benzene rings is 2. The number of aliphatic carboxylic acids is 1. The molecular weight excluding hydrogens is 444 g/mol. The molecule has 2 amide bonds. The predicted octanol–water partition coefficient (Wildman–Crippen LogP) is 4.45. The minimum absolute atomic E-state index is 0.00211. The van der Waals surface area contributed by atoms with Crippen LogP contribution in [0.25, 0.3) is 11.1 Å². The quantitative estimate of drug-likeness (QED) is 0.496. The van der Waals surface area contributed by atoms with E-state index in [0.29, 0.717) is 12.3 Å². The number of rotatable bonds is 9. The van der Waals surface area contributed by atoms with Crippen LogP contribution >= 0.6 is 0 Å². The fourth-order valence-corrected chi connectivity index (χ4v) is 5.66. The van der Waals surface area contributed by atoms with E-state index in [1.165, 1.54) is 11.1 Å². The van der Waals surface area contributed by atoms with E-state index in [1.807, 2.05) is 24.3 Å². The van der Waals surface area contributed by atoms with Gasteiger partial charge in [0.15, 0.2) is 0 Å². The van der Waals surface area contributed by atoms with Gasteiger partial charge in [-0.2, -0.15) is 0 Å². The van der Waals surface area contributed by atoms with Gasteiger partial charge in [0.05, 0.1) is 0 Å². The molecule has 0 aromatic heterocycles. The summed E-state index contributed by atoms with van der Waals surface area (Å²) in [5.74, 6) is -0.858. The van der Waals surface area contributed by atoms with Crippen LogP contribution < -0.4 is 10.6 Å². The van der Waals surface area contributed by atoms with Crippen molar-refractivity contribution in [1.82, 2.24) is 10.6 Å². The Morgan fingerprint density at radius 3 is 2.23 bits per heavy atom. The maximum Gasteiger partial charge on any atom is 0.407 e.